The lowest BCUT2D eigenvalue weighted by Gasteiger charge is -2.31. The van der Waals surface area contributed by atoms with Gasteiger partial charge in [-0.2, -0.15) is 0 Å². The average molecular weight is 384 g/mol. The van der Waals surface area contributed by atoms with Crippen LogP contribution in [-0.2, 0) is 0 Å². The first kappa shape index (κ1) is 17.7. The number of carbonyl (C=O) groups is 1. The Hall–Kier alpha value is -2.74. The molecular formula is C19H20N4O3S. The number of hydrogen-bond acceptors (Lipinski definition) is 6. The Morgan fingerprint density at radius 3 is 2.93 bits per heavy atom. The maximum atomic E-state index is 12.8. The summed E-state index contributed by atoms with van der Waals surface area (Å²) in [4.78, 5) is 39.4. The van der Waals surface area contributed by atoms with Crippen molar-refractivity contribution in [3.63, 3.8) is 0 Å². The molecule has 4 rings (SSSR count). The molecule has 1 atom stereocenters. The van der Waals surface area contributed by atoms with Crippen molar-refractivity contribution in [3.8, 4) is 10.6 Å². The first-order valence-corrected chi connectivity index (χ1v) is 9.77. The van der Waals surface area contributed by atoms with E-state index in [1.54, 1.807) is 30.1 Å². The third-order valence-electron chi connectivity index (χ3n) is 4.73. The Bertz CT molecular complexity index is 1020. The smallest absolute Gasteiger partial charge is 0.291 e. The highest BCUT2D eigenvalue weighted by atomic mass is 32.1. The number of likely N-dealkylation sites (tertiary alicyclic amines) is 1. The fourth-order valence-electron chi connectivity index (χ4n) is 3.48. The van der Waals surface area contributed by atoms with Gasteiger partial charge in [-0.3, -0.25) is 9.59 Å². The summed E-state index contributed by atoms with van der Waals surface area (Å²) in [5.74, 6) is 1.24. The van der Waals surface area contributed by atoms with Crippen molar-refractivity contribution in [2.45, 2.75) is 32.6 Å². The third-order valence-corrected chi connectivity index (χ3v) is 5.62. The summed E-state index contributed by atoms with van der Waals surface area (Å²) in [6.07, 6.45) is 1.71. The van der Waals surface area contributed by atoms with Gasteiger partial charge in [-0.15, -0.1) is 11.3 Å². The maximum Gasteiger partial charge on any atom is 0.291 e. The van der Waals surface area contributed by atoms with Gasteiger partial charge in [-0.05, 0) is 31.2 Å². The number of nitrogens with one attached hydrogen (secondary N) is 1. The van der Waals surface area contributed by atoms with Crippen molar-refractivity contribution in [2.24, 2.45) is 0 Å². The summed E-state index contributed by atoms with van der Waals surface area (Å²) in [6, 6.07) is 5.40. The molecule has 0 spiro atoms. The zero-order valence-electron chi connectivity index (χ0n) is 15.2. The van der Waals surface area contributed by atoms with Crippen molar-refractivity contribution in [3.05, 3.63) is 57.1 Å². The van der Waals surface area contributed by atoms with Gasteiger partial charge in [0.25, 0.3) is 11.5 Å². The molecule has 4 heterocycles. The molecule has 3 aromatic heterocycles. The van der Waals surface area contributed by atoms with E-state index in [0.29, 0.717) is 42.0 Å². The van der Waals surface area contributed by atoms with Crippen LogP contribution in [0.1, 0.15) is 46.7 Å². The van der Waals surface area contributed by atoms with Gasteiger partial charge in [-0.25, -0.2) is 9.97 Å². The Labute approximate surface area is 160 Å². The van der Waals surface area contributed by atoms with Crippen molar-refractivity contribution >= 4 is 17.2 Å². The molecule has 7 nitrogen and oxygen atoms in total. The van der Waals surface area contributed by atoms with Crippen LogP contribution in [0, 0.1) is 13.8 Å². The van der Waals surface area contributed by atoms with Crippen LogP contribution in [0.4, 0.5) is 0 Å². The average Bonchev–Trinajstić information content (AvgIpc) is 3.30. The van der Waals surface area contributed by atoms with Gasteiger partial charge in [0, 0.05) is 32.0 Å². The number of carbonyl (C=O) groups excluding carboxylic acids is 1. The number of piperidine rings is 1. The number of H-pyrrole nitrogens is 1. The van der Waals surface area contributed by atoms with Gasteiger partial charge in [0.2, 0.25) is 5.76 Å². The number of thiophene rings is 1. The van der Waals surface area contributed by atoms with Crippen LogP contribution >= 0.6 is 11.3 Å². The summed E-state index contributed by atoms with van der Waals surface area (Å²) in [7, 11) is 0. The van der Waals surface area contributed by atoms with Crippen LogP contribution < -0.4 is 5.56 Å². The van der Waals surface area contributed by atoms with Gasteiger partial charge in [0.05, 0.1) is 16.3 Å². The van der Waals surface area contributed by atoms with E-state index in [0.717, 1.165) is 17.7 Å². The van der Waals surface area contributed by atoms with E-state index < -0.39 is 0 Å². The SMILES string of the molecule is Cc1nc(C)c(C(=O)N2CCCC(c3nc(-c4cccs4)cc(=O)[nH]3)C2)o1. The van der Waals surface area contributed by atoms with Crippen molar-refractivity contribution < 1.29 is 9.21 Å². The standard InChI is InChI=1S/C19H20N4O3S/c1-11-17(26-12(2)20-11)19(25)23-7-3-5-13(10-23)18-21-14(9-16(24)22-18)15-6-4-8-27-15/h4,6,8-9,13H,3,5,7,10H2,1-2H3,(H,21,22,24). The molecular weight excluding hydrogens is 364 g/mol. The number of aryl methyl sites for hydroxylation is 2. The third kappa shape index (κ3) is 3.57. The first-order valence-electron chi connectivity index (χ1n) is 8.89. The lowest BCUT2D eigenvalue weighted by molar-refractivity contribution is 0.0670. The van der Waals surface area contributed by atoms with Gasteiger partial charge >= 0.3 is 0 Å². The van der Waals surface area contributed by atoms with Crippen LogP contribution in [0.15, 0.2) is 32.8 Å². The predicted octanol–water partition coefficient (Wildman–Crippen LogP) is 3.12. The van der Waals surface area contributed by atoms with E-state index in [4.69, 9.17) is 4.42 Å². The molecule has 1 saturated heterocycles. The molecule has 0 bridgehead atoms. The topological polar surface area (TPSA) is 92.1 Å². The molecule has 27 heavy (non-hydrogen) atoms. The number of aromatic amines is 1. The second kappa shape index (κ2) is 7.11. The molecule has 0 aromatic carbocycles. The van der Waals surface area contributed by atoms with Crippen LogP contribution in [0.5, 0.6) is 0 Å². The molecule has 3 aromatic rings. The van der Waals surface area contributed by atoms with Crippen molar-refractivity contribution in [1.29, 1.82) is 0 Å². The summed E-state index contributed by atoms with van der Waals surface area (Å²) in [5.41, 5.74) is 1.10. The molecule has 0 radical (unpaired) electrons. The zero-order chi connectivity index (χ0) is 19.0. The Morgan fingerprint density at radius 1 is 1.37 bits per heavy atom. The molecule has 1 aliphatic heterocycles. The van der Waals surface area contributed by atoms with Crippen LogP contribution in [0.25, 0.3) is 10.6 Å². The van der Waals surface area contributed by atoms with Crippen LogP contribution in [0.2, 0.25) is 0 Å². The molecule has 1 aliphatic rings. The molecule has 1 amide bonds. The number of aromatic nitrogens is 3. The normalized spacial score (nSPS) is 17.3. The Balaban J connectivity index is 1.59. The van der Waals surface area contributed by atoms with Gasteiger partial charge in [0.15, 0.2) is 5.89 Å². The lowest BCUT2D eigenvalue weighted by Crippen LogP contribution is -2.40. The first-order chi connectivity index (χ1) is 13.0. The highest BCUT2D eigenvalue weighted by Gasteiger charge is 2.30. The van der Waals surface area contributed by atoms with Crippen LogP contribution in [-0.4, -0.2) is 38.8 Å². The number of oxazole rings is 1. The highest BCUT2D eigenvalue weighted by Crippen LogP contribution is 2.28. The van der Waals surface area contributed by atoms with Gasteiger partial charge < -0.3 is 14.3 Å². The summed E-state index contributed by atoms with van der Waals surface area (Å²) in [6.45, 7) is 4.65. The van der Waals surface area contributed by atoms with E-state index in [1.807, 2.05) is 17.5 Å². The molecule has 1 fully saturated rings. The zero-order valence-corrected chi connectivity index (χ0v) is 16.0. The second-order valence-corrected chi connectivity index (χ2v) is 7.68. The fourth-order valence-corrected chi connectivity index (χ4v) is 4.16. The number of hydrogen-bond donors (Lipinski definition) is 1. The minimum atomic E-state index is -0.173. The number of amides is 1. The number of nitrogens with zero attached hydrogens (tertiary/aromatic N) is 3. The molecule has 8 heteroatoms. The monoisotopic (exact) mass is 384 g/mol. The largest absolute Gasteiger partial charge is 0.436 e. The fraction of sp³-hybridized carbons (Fsp3) is 0.368. The molecule has 0 aliphatic carbocycles. The van der Waals surface area contributed by atoms with Crippen molar-refractivity contribution in [1.82, 2.24) is 19.9 Å². The minimum absolute atomic E-state index is 0.0142. The number of rotatable bonds is 3. The quantitative estimate of drug-likeness (QED) is 0.749. The summed E-state index contributed by atoms with van der Waals surface area (Å²) >= 11 is 1.55. The second-order valence-electron chi connectivity index (χ2n) is 6.73. The van der Waals surface area contributed by atoms with Crippen LogP contribution in [0.3, 0.4) is 0 Å². The summed E-state index contributed by atoms with van der Waals surface area (Å²) < 4.78 is 5.48. The van der Waals surface area contributed by atoms with E-state index >= 15 is 0 Å². The van der Waals surface area contributed by atoms with E-state index in [-0.39, 0.29) is 17.4 Å². The Morgan fingerprint density at radius 2 is 2.22 bits per heavy atom. The molecule has 0 saturated carbocycles. The van der Waals surface area contributed by atoms with Gasteiger partial charge in [-0.1, -0.05) is 6.07 Å². The maximum absolute atomic E-state index is 12.8. The highest BCUT2D eigenvalue weighted by molar-refractivity contribution is 7.13. The van der Waals surface area contributed by atoms with E-state index in [1.165, 1.54) is 6.07 Å². The van der Waals surface area contributed by atoms with Gasteiger partial charge in [0.1, 0.15) is 5.82 Å². The lowest BCUT2D eigenvalue weighted by atomic mass is 9.96. The minimum Gasteiger partial charge on any atom is -0.436 e. The van der Waals surface area contributed by atoms with E-state index in [2.05, 4.69) is 15.0 Å². The molecule has 140 valence electrons. The van der Waals surface area contributed by atoms with E-state index in [9.17, 15) is 9.59 Å². The summed E-state index contributed by atoms with van der Waals surface area (Å²) in [5, 5.41) is 1.96. The molecule has 1 N–H and O–H groups in total. The predicted molar refractivity (Wildman–Crippen MR) is 102 cm³/mol. The van der Waals surface area contributed by atoms with Crippen molar-refractivity contribution in [2.75, 3.05) is 13.1 Å². The Kier molecular flexibility index (Phi) is 4.65. The molecule has 1 unspecified atom stereocenters.